The Labute approximate surface area is 120 Å². The quantitative estimate of drug-likeness (QED) is 0.813. The van der Waals surface area contributed by atoms with Crippen molar-refractivity contribution in [1.82, 2.24) is 15.1 Å². The van der Waals surface area contributed by atoms with Crippen molar-refractivity contribution in [3.05, 3.63) is 53.9 Å². The van der Waals surface area contributed by atoms with Crippen LogP contribution in [0.25, 0.3) is 0 Å². The standard InChI is InChI=1S/C16H23N3O/c1-3-16(2,20)13-17-9-15-10-18-19(12-15)11-14-7-5-4-6-8-14/h4-8,10,12,17,20H,3,9,11,13H2,1-2H3. The number of aromatic nitrogens is 2. The maximum atomic E-state index is 9.92. The van der Waals surface area contributed by atoms with E-state index in [-0.39, 0.29) is 0 Å². The van der Waals surface area contributed by atoms with Gasteiger partial charge < -0.3 is 10.4 Å². The molecule has 0 saturated heterocycles. The molecule has 2 rings (SSSR count). The Morgan fingerprint density at radius 3 is 2.70 bits per heavy atom. The fraction of sp³-hybridized carbons (Fsp3) is 0.438. The molecule has 1 heterocycles. The lowest BCUT2D eigenvalue weighted by Crippen LogP contribution is -2.36. The first kappa shape index (κ1) is 14.8. The fourth-order valence-corrected chi connectivity index (χ4v) is 1.96. The van der Waals surface area contributed by atoms with Crippen LogP contribution in [0.5, 0.6) is 0 Å². The third kappa shape index (κ3) is 4.47. The number of hydrogen-bond acceptors (Lipinski definition) is 3. The number of nitrogens with one attached hydrogen (secondary N) is 1. The van der Waals surface area contributed by atoms with E-state index in [4.69, 9.17) is 0 Å². The molecule has 0 aliphatic carbocycles. The molecule has 0 aliphatic rings. The van der Waals surface area contributed by atoms with Crippen LogP contribution in [0.1, 0.15) is 31.4 Å². The molecule has 0 saturated carbocycles. The van der Waals surface area contributed by atoms with E-state index in [0.29, 0.717) is 6.54 Å². The second kappa shape index (κ2) is 6.68. The van der Waals surface area contributed by atoms with Crippen LogP contribution in [0, 0.1) is 0 Å². The second-order valence-electron chi connectivity index (χ2n) is 5.49. The molecule has 0 fully saturated rings. The normalized spacial score (nSPS) is 14.2. The Kier molecular flexibility index (Phi) is 4.93. The predicted molar refractivity (Wildman–Crippen MR) is 80.4 cm³/mol. The van der Waals surface area contributed by atoms with Crippen LogP contribution in [0.2, 0.25) is 0 Å². The lowest BCUT2D eigenvalue weighted by Gasteiger charge is -2.21. The molecule has 1 atom stereocenters. The Hall–Kier alpha value is -1.65. The zero-order valence-corrected chi connectivity index (χ0v) is 12.2. The van der Waals surface area contributed by atoms with Crippen LogP contribution in [0.4, 0.5) is 0 Å². The first-order chi connectivity index (χ1) is 9.59. The van der Waals surface area contributed by atoms with Crippen molar-refractivity contribution in [3.8, 4) is 0 Å². The molecule has 4 heteroatoms. The highest BCUT2D eigenvalue weighted by Crippen LogP contribution is 2.07. The van der Waals surface area contributed by atoms with Gasteiger partial charge in [0.05, 0.1) is 18.3 Å². The molecule has 0 spiro atoms. The average molecular weight is 273 g/mol. The molecule has 0 aliphatic heterocycles. The molecule has 4 nitrogen and oxygen atoms in total. The van der Waals surface area contributed by atoms with Gasteiger partial charge in [0.1, 0.15) is 0 Å². The van der Waals surface area contributed by atoms with Gasteiger partial charge in [0, 0.05) is 24.8 Å². The van der Waals surface area contributed by atoms with Crippen molar-refractivity contribution in [1.29, 1.82) is 0 Å². The molecule has 1 aromatic heterocycles. The van der Waals surface area contributed by atoms with Crippen LogP contribution in [-0.2, 0) is 13.1 Å². The number of nitrogens with zero attached hydrogens (tertiary/aromatic N) is 2. The van der Waals surface area contributed by atoms with E-state index in [2.05, 4.69) is 22.5 Å². The van der Waals surface area contributed by atoms with Crippen LogP contribution in [0.15, 0.2) is 42.7 Å². The van der Waals surface area contributed by atoms with Gasteiger partial charge in [0.25, 0.3) is 0 Å². The molecular weight excluding hydrogens is 250 g/mol. The highest BCUT2D eigenvalue weighted by molar-refractivity contribution is 5.15. The van der Waals surface area contributed by atoms with Gasteiger partial charge in [0.15, 0.2) is 0 Å². The summed E-state index contributed by atoms with van der Waals surface area (Å²) in [6, 6.07) is 10.3. The molecule has 1 unspecified atom stereocenters. The first-order valence-electron chi connectivity index (χ1n) is 7.07. The van der Waals surface area contributed by atoms with Gasteiger partial charge in [-0.3, -0.25) is 4.68 Å². The SMILES string of the molecule is CCC(C)(O)CNCc1cnn(Cc2ccccc2)c1. The second-order valence-corrected chi connectivity index (χ2v) is 5.49. The summed E-state index contributed by atoms with van der Waals surface area (Å²) >= 11 is 0. The van der Waals surface area contributed by atoms with E-state index < -0.39 is 5.60 Å². The average Bonchev–Trinajstić information content (AvgIpc) is 2.87. The molecule has 0 amide bonds. The van der Waals surface area contributed by atoms with E-state index in [0.717, 1.165) is 25.1 Å². The number of hydrogen-bond donors (Lipinski definition) is 2. The summed E-state index contributed by atoms with van der Waals surface area (Å²) in [5, 5.41) is 17.5. The maximum absolute atomic E-state index is 9.92. The summed E-state index contributed by atoms with van der Waals surface area (Å²) in [5.41, 5.74) is 1.73. The van der Waals surface area contributed by atoms with Gasteiger partial charge in [-0.2, -0.15) is 5.10 Å². The van der Waals surface area contributed by atoms with Crippen LogP contribution < -0.4 is 5.32 Å². The number of rotatable bonds is 7. The lowest BCUT2D eigenvalue weighted by atomic mass is 10.0. The molecule has 1 aromatic carbocycles. The van der Waals surface area contributed by atoms with Crippen molar-refractivity contribution in [3.63, 3.8) is 0 Å². The summed E-state index contributed by atoms with van der Waals surface area (Å²) in [7, 11) is 0. The molecular formula is C16H23N3O. The van der Waals surface area contributed by atoms with E-state index in [1.807, 2.05) is 49.1 Å². The topological polar surface area (TPSA) is 50.1 Å². The summed E-state index contributed by atoms with van der Waals surface area (Å²) < 4.78 is 1.93. The number of benzene rings is 1. The monoisotopic (exact) mass is 273 g/mol. The minimum Gasteiger partial charge on any atom is -0.389 e. The Morgan fingerprint density at radius 1 is 1.25 bits per heavy atom. The van der Waals surface area contributed by atoms with Crippen LogP contribution in [-0.4, -0.2) is 27.0 Å². The van der Waals surface area contributed by atoms with Gasteiger partial charge >= 0.3 is 0 Å². The third-order valence-corrected chi connectivity index (χ3v) is 3.47. The fourth-order valence-electron chi connectivity index (χ4n) is 1.96. The Bertz CT molecular complexity index is 520. The summed E-state index contributed by atoms with van der Waals surface area (Å²) in [6.45, 7) is 5.93. The maximum Gasteiger partial charge on any atom is 0.0741 e. The van der Waals surface area contributed by atoms with Gasteiger partial charge in [-0.05, 0) is 18.9 Å². The van der Waals surface area contributed by atoms with Crippen molar-refractivity contribution in [2.24, 2.45) is 0 Å². The molecule has 108 valence electrons. The summed E-state index contributed by atoms with van der Waals surface area (Å²) in [4.78, 5) is 0. The van der Waals surface area contributed by atoms with Crippen LogP contribution in [0.3, 0.4) is 0 Å². The largest absolute Gasteiger partial charge is 0.389 e. The predicted octanol–water partition coefficient (Wildman–Crippen LogP) is 2.18. The Balaban J connectivity index is 1.84. The van der Waals surface area contributed by atoms with Gasteiger partial charge in [-0.15, -0.1) is 0 Å². The van der Waals surface area contributed by atoms with Crippen molar-refractivity contribution < 1.29 is 5.11 Å². The summed E-state index contributed by atoms with van der Waals surface area (Å²) in [6.07, 6.45) is 4.66. The van der Waals surface area contributed by atoms with E-state index >= 15 is 0 Å². The zero-order chi connectivity index (χ0) is 14.4. The minimum atomic E-state index is -0.639. The minimum absolute atomic E-state index is 0.591. The van der Waals surface area contributed by atoms with Gasteiger partial charge in [-0.25, -0.2) is 0 Å². The van der Waals surface area contributed by atoms with Crippen molar-refractivity contribution >= 4 is 0 Å². The van der Waals surface area contributed by atoms with Crippen molar-refractivity contribution in [2.75, 3.05) is 6.54 Å². The Morgan fingerprint density at radius 2 is 2.00 bits per heavy atom. The molecule has 0 bridgehead atoms. The first-order valence-corrected chi connectivity index (χ1v) is 7.07. The highest BCUT2D eigenvalue weighted by atomic mass is 16.3. The smallest absolute Gasteiger partial charge is 0.0741 e. The van der Waals surface area contributed by atoms with E-state index in [1.54, 1.807) is 0 Å². The molecule has 20 heavy (non-hydrogen) atoms. The highest BCUT2D eigenvalue weighted by Gasteiger charge is 2.16. The number of aliphatic hydroxyl groups is 1. The molecule has 2 aromatic rings. The van der Waals surface area contributed by atoms with Gasteiger partial charge in [-0.1, -0.05) is 37.3 Å². The van der Waals surface area contributed by atoms with Crippen molar-refractivity contribution in [2.45, 2.75) is 39.0 Å². The van der Waals surface area contributed by atoms with Crippen LogP contribution >= 0.6 is 0 Å². The third-order valence-electron chi connectivity index (χ3n) is 3.47. The molecule has 2 N–H and O–H groups in total. The summed E-state index contributed by atoms with van der Waals surface area (Å²) in [5.74, 6) is 0. The van der Waals surface area contributed by atoms with E-state index in [9.17, 15) is 5.11 Å². The zero-order valence-electron chi connectivity index (χ0n) is 12.2. The van der Waals surface area contributed by atoms with Gasteiger partial charge in [0.2, 0.25) is 0 Å². The molecule has 0 radical (unpaired) electrons. The lowest BCUT2D eigenvalue weighted by molar-refractivity contribution is 0.0555. The van der Waals surface area contributed by atoms with E-state index in [1.165, 1.54) is 5.56 Å².